The molecule has 0 aliphatic heterocycles. The molecular formula is C13H15FN2O2S. The predicted octanol–water partition coefficient (Wildman–Crippen LogP) is 3.21. The fraction of sp³-hybridized carbons (Fsp3) is 0.385. The quantitative estimate of drug-likeness (QED) is 0.814. The van der Waals surface area contributed by atoms with Gasteiger partial charge in [0, 0.05) is 17.7 Å². The number of hydrogen-bond acceptors (Lipinski definition) is 5. The van der Waals surface area contributed by atoms with Crippen LogP contribution in [0.1, 0.15) is 24.2 Å². The van der Waals surface area contributed by atoms with E-state index in [2.05, 4.69) is 10.1 Å². The Hall–Kier alpha value is -1.56. The van der Waals surface area contributed by atoms with E-state index in [-0.39, 0.29) is 5.82 Å². The molecule has 0 atom stereocenters. The third-order valence-electron chi connectivity index (χ3n) is 2.55. The van der Waals surface area contributed by atoms with Crippen LogP contribution in [0.2, 0.25) is 0 Å². The van der Waals surface area contributed by atoms with Crippen LogP contribution in [0.5, 0.6) is 5.75 Å². The van der Waals surface area contributed by atoms with Gasteiger partial charge in [0.1, 0.15) is 11.6 Å². The molecule has 2 aromatic rings. The van der Waals surface area contributed by atoms with Crippen molar-refractivity contribution in [3.63, 3.8) is 0 Å². The molecule has 2 rings (SSSR count). The molecule has 0 radical (unpaired) electrons. The van der Waals surface area contributed by atoms with Gasteiger partial charge in [0.2, 0.25) is 5.89 Å². The maximum absolute atomic E-state index is 13.2. The van der Waals surface area contributed by atoms with Gasteiger partial charge in [-0.25, -0.2) is 4.39 Å². The molecule has 0 aliphatic carbocycles. The highest BCUT2D eigenvalue weighted by molar-refractivity contribution is 7.97. The van der Waals surface area contributed by atoms with Gasteiger partial charge in [0.15, 0.2) is 5.82 Å². The Morgan fingerprint density at radius 3 is 2.89 bits per heavy atom. The summed E-state index contributed by atoms with van der Waals surface area (Å²) in [5.41, 5.74) is 0.822. The van der Waals surface area contributed by atoms with E-state index in [4.69, 9.17) is 9.26 Å². The maximum atomic E-state index is 13.2. The molecular weight excluding hydrogens is 267 g/mol. The monoisotopic (exact) mass is 282 g/mol. The van der Waals surface area contributed by atoms with E-state index >= 15 is 0 Å². The van der Waals surface area contributed by atoms with Crippen LogP contribution in [0.15, 0.2) is 22.7 Å². The summed E-state index contributed by atoms with van der Waals surface area (Å²) in [6.07, 6.45) is 0.756. The normalized spacial score (nSPS) is 10.7. The fourth-order valence-electron chi connectivity index (χ4n) is 1.60. The Bertz CT molecular complexity index is 545. The maximum Gasteiger partial charge on any atom is 0.236 e. The van der Waals surface area contributed by atoms with Gasteiger partial charge in [-0.1, -0.05) is 12.1 Å². The minimum Gasteiger partial charge on any atom is -0.496 e. The molecule has 0 N–H and O–H groups in total. The topological polar surface area (TPSA) is 48.2 Å². The van der Waals surface area contributed by atoms with Crippen LogP contribution in [-0.2, 0) is 17.9 Å². The molecule has 0 fully saturated rings. The lowest BCUT2D eigenvalue weighted by atomic mass is 10.2. The van der Waals surface area contributed by atoms with Crippen LogP contribution in [0, 0.1) is 5.82 Å². The van der Waals surface area contributed by atoms with E-state index in [1.807, 2.05) is 6.92 Å². The third kappa shape index (κ3) is 3.70. The second-order valence-electron chi connectivity index (χ2n) is 3.91. The summed E-state index contributed by atoms with van der Waals surface area (Å²) in [5, 5.41) is 3.82. The summed E-state index contributed by atoms with van der Waals surface area (Å²) in [6.45, 7) is 1.97. The van der Waals surface area contributed by atoms with Gasteiger partial charge in [0.05, 0.1) is 12.9 Å². The average molecular weight is 282 g/mol. The first-order valence-electron chi connectivity index (χ1n) is 5.94. The van der Waals surface area contributed by atoms with Gasteiger partial charge < -0.3 is 9.26 Å². The Balaban J connectivity index is 1.93. The number of benzene rings is 1. The minimum atomic E-state index is -0.262. The molecule has 6 heteroatoms. The molecule has 1 aromatic carbocycles. The summed E-state index contributed by atoms with van der Waals surface area (Å²) < 4.78 is 23.5. The Morgan fingerprint density at radius 2 is 2.21 bits per heavy atom. The molecule has 0 unspecified atom stereocenters. The highest BCUT2D eigenvalue weighted by Gasteiger charge is 2.08. The van der Waals surface area contributed by atoms with E-state index in [1.165, 1.54) is 12.1 Å². The van der Waals surface area contributed by atoms with Crippen LogP contribution in [-0.4, -0.2) is 17.3 Å². The van der Waals surface area contributed by atoms with Crippen molar-refractivity contribution in [1.29, 1.82) is 0 Å². The number of thioether (sulfide) groups is 1. The number of methoxy groups -OCH3 is 1. The van der Waals surface area contributed by atoms with E-state index < -0.39 is 0 Å². The molecule has 0 amide bonds. The van der Waals surface area contributed by atoms with Crippen molar-refractivity contribution in [2.45, 2.75) is 24.9 Å². The van der Waals surface area contributed by atoms with Gasteiger partial charge >= 0.3 is 0 Å². The number of hydrogen-bond donors (Lipinski definition) is 0. The second-order valence-corrected chi connectivity index (χ2v) is 4.89. The van der Waals surface area contributed by atoms with E-state index in [0.717, 1.165) is 12.0 Å². The summed E-state index contributed by atoms with van der Waals surface area (Å²) in [6, 6.07) is 4.50. The molecule has 0 aliphatic rings. The molecule has 0 saturated heterocycles. The number of ether oxygens (including phenoxy) is 1. The molecule has 4 nitrogen and oxygen atoms in total. The van der Waals surface area contributed by atoms with Crippen LogP contribution in [0.3, 0.4) is 0 Å². The van der Waals surface area contributed by atoms with Crippen molar-refractivity contribution in [2.24, 2.45) is 0 Å². The highest BCUT2D eigenvalue weighted by Crippen LogP contribution is 2.25. The first-order valence-corrected chi connectivity index (χ1v) is 7.10. The highest BCUT2D eigenvalue weighted by atomic mass is 32.2. The number of nitrogens with zero attached hydrogens (tertiary/aromatic N) is 2. The van der Waals surface area contributed by atoms with Crippen LogP contribution < -0.4 is 4.74 Å². The lowest BCUT2D eigenvalue weighted by Crippen LogP contribution is -1.92. The van der Waals surface area contributed by atoms with Crippen molar-refractivity contribution >= 4 is 11.8 Å². The summed E-state index contributed by atoms with van der Waals surface area (Å²) in [5.74, 6) is 2.96. The molecule has 1 aromatic heterocycles. The fourth-order valence-corrected chi connectivity index (χ4v) is 2.44. The largest absolute Gasteiger partial charge is 0.496 e. The molecule has 0 spiro atoms. The van der Waals surface area contributed by atoms with Gasteiger partial charge in [-0.2, -0.15) is 4.98 Å². The van der Waals surface area contributed by atoms with Crippen LogP contribution >= 0.6 is 11.8 Å². The average Bonchev–Trinajstić information content (AvgIpc) is 2.87. The van der Waals surface area contributed by atoms with Gasteiger partial charge in [-0.15, -0.1) is 11.8 Å². The van der Waals surface area contributed by atoms with Gasteiger partial charge in [-0.3, -0.25) is 0 Å². The van der Waals surface area contributed by atoms with Crippen molar-refractivity contribution in [3.8, 4) is 5.75 Å². The zero-order valence-electron chi connectivity index (χ0n) is 10.9. The molecule has 19 heavy (non-hydrogen) atoms. The van der Waals surface area contributed by atoms with Crippen molar-refractivity contribution in [1.82, 2.24) is 10.1 Å². The van der Waals surface area contributed by atoms with E-state index in [1.54, 1.807) is 24.9 Å². The number of aryl methyl sites for hydroxylation is 1. The number of rotatable bonds is 6. The first kappa shape index (κ1) is 13.9. The third-order valence-corrected chi connectivity index (χ3v) is 3.52. The Kier molecular flexibility index (Phi) is 4.79. The molecule has 1 heterocycles. The van der Waals surface area contributed by atoms with Crippen molar-refractivity contribution in [3.05, 3.63) is 41.3 Å². The molecule has 102 valence electrons. The predicted molar refractivity (Wildman–Crippen MR) is 71.6 cm³/mol. The number of aromatic nitrogens is 2. The summed E-state index contributed by atoms with van der Waals surface area (Å²) >= 11 is 1.58. The van der Waals surface area contributed by atoms with E-state index in [0.29, 0.717) is 29.0 Å². The second kappa shape index (κ2) is 6.56. The first-order chi connectivity index (χ1) is 9.22. The lowest BCUT2D eigenvalue weighted by molar-refractivity contribution is 0.385. The SMILES string of the molecule is CCc1noc(CSCc2cc(F)ccc2OC)n1. The Morgan fingerprint density at radius 1 is 1.37 bits per heavy atom. The minimum absolute atomic E-state index is 0.262. The van der Waals surface area contributed by atoms with Gasteiger partial charge in [-0.05, 0) is 18.2 Å². The zero-order chi connectivity index (χ0) is 13.7. The van der Waals surface area contributed by atoms with Crippen LogP contribution in [0.4, 0.5) is 4.39 Å². The summed E-state index contributed by atoms with van der Waals surface area (Å²) in [7, 11) is 1.58. The Labute approximate surface area is 115 Å². The molecule has 0 saturated carbocycles. The lowest BCUT2D eigenvalue weighted by Gasteiger charge is -2.07. The van der Waals surface area contributed by atoms with Crippen molar-refractivity contribution in [2.75, 3.05) is 7.11 Å². The summed E-state index contributed by atoms with van der Waals surface area (Å²) in [4.78, 5) is 4.22. The molecule has 0 bridgehead atoms. The van der Waals surface area contributed by atoms with Crippen molar-refractivity contribution < 1.29 is 13.7 Å². The number of halogens is 1. The zero-order valence-corrected chi connectivity index (χ0v) is 11.7. The standard InChI is InChI=1S/C13H15FN2O2S/c1-3-12-15-13(18-16-12)8-19-7-9-6-10(14)4-5-11(9)17-2/h4-6H,3,7-8H2,1-2H3. The van der Waals surface area contributed by atoms with E-state index in [9.17, 15) is 4.39 Å². The van der Waals surface area contributed by atoms with Crippen LogP contribution in [0.25, 0.3) is 0 Å². The van der Waals surface area contributed by atoms with Gasteiger partial charge in [0.25, 0.3) is 0 Å². The smallest absolute Gasteiger partial charge is 0.236 e.